The van der Waals surface area contributed by atoms with Crippen LogP contribution in [0.25, 0.3) is 0 Å². The van der Waals surface area contributed by atoms with Crippen molar-refractivity contribution in [3.63, 3.8) is 0 Å². The van der Waals surface area contributed by atoms with Crippen molar-refractivity contribution in [2.75, 3.05) is 14.2 Å². The van der Waals surface area contributed by atoms with Crippen LogP contribution in [-0.4, -0.2) is 37.0 Å². The first kappa shape index (κ1) is 24.8. The lowest BCUT2D eigenvalue weighted by Gasteiger charge is -2.33. The molecule has 1 N–H and O–H groups in total. The number of amides is 2. The summed E-state index contributed by atoms with van der Waals surface area (Å²) in [5, 5.41) is 5.12. The van der Waals surface area contributed by atoms with Crippen molar-refractivity contribution in [3.8, 4) is 11.5 Å². The van der Waals surface area contributed by atoms with Gasteiger partial charge >= 0.3 is 0 Å². The predicted molar refractivity (Wildman–Crippen MR) is 138 cm³/mol. The van der Waals surface area contributed by atoms with Crippen LogP contribution in [0.1, 0.15) is 58.9 Å². The van der Waals surface area contributed by atoms with Crippen LogP contribution in [0.15, 0.2) is 66.0 Å². The van der Waals surface area contributed by atoms with Crippen LogP contribution in [-0.2, 0) is 11.3 Å². The number of benzene rings is 2. The minimum Gasteiger partial charge on any atom is -0.497 e. The van der Waals surface area contributed by atoms with E-state index in [0.29, 0.717) is 21.9 Å². The molecule has 1 aromatic heterocycles. The summed E-state index contributed by atoms with van der Waals surface area (Å²) in [4.78, 5) is 29.9. The van der Waals surface area contributed by atoms with Gasteiger partial charge in [-0.05, 0) is 59.7 Å². The molecule has 1 aliphatic carbocycles. The van der Waals surface area contributed by atoms with Gasteiger partial charge in [0.2, 0.25) is 5.91 Å². The molecule has 1 fully saturated rings. The quantitative estimate of drug-likeness (QED) is 0.422. The van der Waals surface area contributed by atoms with E-state index in [1.165, 1.54) is 17.8 Å². The standard InChI is InChI=1S/C28H32N2O4S/c1-33-23-13-6-9-20(17-23)19-30(28(32)25-15-8-16-35-25)26(21-10-7-14-24(18-21)34-2)27(31)29-22-11-4-3-5-12-22/h6-10,13-18,22,26H,3-5,11-12,19H2,1-2H3,(H,29,31)/t26-/m1/s1. The lowest BCUT2D eigenvalue weighted by molar-refractivity contribution is -0.127. The number of methoxy groups -OCH3 is 2. The molecule has 184 valence electrons. The molecule has 1 atom stereocenters. The lowest BCUT2D eigenvalue weighted by Crippen LogP contribution is -2.46. The number of carbonyl (C=O) groups excluding carboxylic acids is 2. The largest absolute Gasteiger partial charge is 0.497 e. The van der Waals surface area contributed by atoms with Gasteiger partial charge in [0.05, 0.1) is 19.1 Å². The molecule has 35 heavy (non-hydrogen) atoms. The second-order valence-corrected chi connectivity index (χ2v) is 9.73. The first-order chi connectivity index (χ1) is 17.1. The molecule has 2 aromatic carbocycles. The van der Waals surface area contributed by atoms with E-state index < -0.39 is 6.04 Å². The molecule has 6 nitrogen and oxygen atoms in total. The average Bonchev–Trinajstić information content (AvgIpc) is 3.44. The second kappa shape index (κ2) is 11.9. The predicted octanol–water partition coefficient (Wildman–Crippen LogP) is 5.60. The summed E-state index contributed by atoms with van der Waals surface area (Å²) in [6, 6.07) is 18.0. The topological polar surface area (TPSA) is 67.9 Å². The van der Waals surface area contributed by atoms with Crippen molar-refractivity contribution in [3.05, 3.63) is 82.0 Å². The lowest BCUT2D eigenvalue weighted by atomic mass is 9.94. The molecule has 1 aliphatic rings. The first-order valence-electron chi connectivity index (χ1n) is 12.0. The van der Waals surface area contributed by atoms with Gasteiger partial charge in [0.15, 0.2) is 0 Å². The molecule has 1 heterocycles. The maximum absolute atomic E-state index is 13.9. The van der Waals surface area contributed by atoms with Crippen LogP contribution >= 0.6 is 11.3 Å². The van der Waals surface area contributed by atoms with Crippen LogP contribution in [0.2, 0.25) is 0 Å². The van der Waals surface area contributed by atoms with Crippen molar-refractivity contribution in [1.82, 2.24) is 10.2 Å². The highest BCUT2D eigenvalue weighted by molar-refractivity contribution is 7.12. The second-order valence-electron chi connectivity index (χ2n) is 8.78. The van der Waals surface area contributed by atoms with Crippen molar-refractivity contribution in [2.24, 2.45) is 0 Å². The highest BCUT2D eigenvalue weighted by Crippen LogP contribution is 2.30. The van der Waals surface area contributed by atoms with E-state index in [1.807, 2.05) is 60.0 Å². The van der Waals surface area contributed by atoms with Crippen molar-refractivity contribution >= 4 is 23.2 Å². The highest BCUT2D eigenvalue weighted by atomic mass is 32.1. The van der Waals surface area contributed by atoms with Gasteiger partial charge in [-0.1, -0.05) is 49.6 Å². The third-order valence-corrected chi connectivity index (χ3v) is 7.26. The first-order valence-corrected chi connectivity index (χ1v) is 12.9. The van der Waals surface area contributed by atoms with E-state index >= 15 is 0 Å². The normalized spacial score (nSPS) is 14.7. The maximum Gasteiger partial charge on any atom is 0.265 e. The third-order valence-electron chi connectivity index (χ3n) is 6.40. The SMILES string of the molecule is COc1cccc(CN(C(=O)c2cccs2)[C@@H](C(=O)NC2CCCCC2)c2cccc(OC)c2)c1. The Morgan fingerprint density at radius 3 is 2.37 bits per heavy atom. The summed E-state index contributed by atoms with van der Waals surface area (Å²) in [5.74, 6) is 0.992. The summed E-state index contributed by atoms with van der Waals surface area (Å²) < 4.78 is 10.8. The van der Waals surface area contributed by atoms with E-state index in [4.69, 9.17) is 9.47 Å². The zero-order valence-corrected chi connectivity index (χ0v) is 21.1. The van der Waals surface area contributed by atoms with Crippen LogP contribution in [0.4, 0.5) is 0 Å². The summed E-state index contributed by atoms with van der Waals surface area (Å²) >= 11 is 1.37. The smallest absolute Gasteiger partial charge is 0.265 e. The van der Waals surface area contributed by atoms with Gasteiger partial charge in [0.25, 0.3) is 5.91 Å². The molecule has 7 heteroatoms. The Bertz CT molecular complexity index is 1130. The molecule has 0 unspecified atom stereocenters. The fourth-order valence-electron chi connectivity index (χ4n) is 4.60. The fourth-order valence-corrected chi connectivity index (χ4v) is 5.28. The van der Waals surface area contributed by atoms with E-state index in [-0.39, 0.29) is 24.4 Å². The number of carbonyl (C=O) groups is 2. The van der Waals surface area contributed by atoms with Gasteiger partial charge < -0.3 is 19.7 Å². The van der Waals surface area contributed by atoms with Gasteiger partial charge in [0.1, 0.15) is 17.5 Å². The molecule has 0 aliphatic heterocycles. The van der Waals surface area contributed by atoms with E-state index in [0.717, 1.165) is 31.2 Å². The maximum atomic E-state index is 13.9. The van der Waals surface area contributed by atoms with Crippen molar-refractivity contribution < 1.29 is 19.1 Å². The molecule has 4 rings (SSSR count). The Hall–Kier alpha value is -3.32. The monoisotopic (exact) mass is 492 g/mol. The van der Waals surface area contributed by atoms with Gasteiger partial charge in [-0.15, -0.1) is 11.3 Å². The zero-order valence-electron chi connectivity index (χ0n) is 20.2. The Morgan fingerprint density at radius 1 is 0.971 bits per heavy atom. The number of nitrogens with zero attached hydrogens (tertiary/aromatic N) is 1. The van der Waals surface area contributed by atoms with Gasteiger partial charge in [-0.25, -0.2) is 0 Å². The molecule has 0 spiro atoms. The Kier molecular flexibility index (Phi) is 8.42. The molecule has 2 amide bonds. The summed E-state index contributed by atoms with van der Waals surface area (Å²) in [7, 11) is 3.21. The minimum atomic E-state index is -0.812. The summed E-state index contributed by atoms with van der Waals surface area (Å²) in [5.41, 5.74) is 1.60. The number of rotatable bonds is 9. The van der Waals surface area contributed by atoms with Crippen LogP contribution < -0.4 is 14.8 Å². The zero-order chi connectivity index (χ0) is 24.6. The molecule has 1 saturated carbocycles. The van der Waals surface area contributed by atoms with E-state index in [2.05, 4.69) is 5.32 Å². The molecular formula is C28H32N2O4S. The molecule has 0 saturated heterocycles. The molecule has 3 aromatic rings. The number of nitrogens with one attached hydrogen (secondary N) is 1. The van der Waals surface area contributed by atoms with Crippen LogP contribution in [0, 0.1) is 0 Å². The van der Waals surface area contributed by atoms with E-state index in [1.54, 1.807) is 25.2 Å². The Labute approximate surface area is 210 Å². The van der Waals surface area contributed by atoms with Gasteiger partial charge in [0, 0.05) is 12.6 Å². The average molecular weight is 493 g/mol. The van der Waals surface area contributed by atoms with Crippen molar-refractivity contribution in [2.45, 2.75) is 50.7 Å². The fraction of sp³-hybridized carbons (Fsp3) is 0.357. The summed E-state index contributed by atoms with van der Waals surface area (Å²) in [6.45, 7) is 0.258. The Morgan fingerprint density at radius 2 is 1.69 bits per heavy atom. The van der Waals surface area contributed by atoms with Gasteiger partial charge in [-0.3, -0.25) is 9.59 Å². The third kappa shape index (κ3) is 6.22. The molecular weight excluding hydrogens is 460 g/mol. The number of ether oxygens (including phenoxy) is 2. The Balaban J connectivity index is 1.75. The van der Waals surface area contributed by atoms with Crippen LogP contribution in [0.3, 0.4) is 0 Å². The molecule has 0 radical (unpaired) electrons. The number of thiophene rings is 1. The summed E-state index contributed by atoms with van der Waals surface area (Å²) in [6.07, 6.45) is 5.34. The molecule has 0 bridgehead atoms. The van der Waals surface area contributed by atoms with Crippen molar-refractivity contribution in [1.29, 1.82) is 0 Å². The number of hydrogen-bond acceptors (Lipinski definition) is 5. The minimum absolute atomic E-state index is 0.125. The van der Waals surface area contributed by atoms with E-state index in [9.17, 15) is 9.59 Å². The van der Waals surface area contributed by atoms with Crippen LogP contribution in [0.5, 0.6) is 11.5 Å². The van der Waals surface area contributed by atoms with Gasteiger partial charge in [-0.2, -0.15) is 0 Å². The highest BCUT2D eigenvalue weighted by Gasteiger charge is 2.34. The number of hydrogen-bond donors (Lipinski definition) is 1.